The highest BCUT2D eigenvalue weighted by Crippen LogP contribution is 2.32. The summed E-state index contributed by atoms with van der Waals surface area (Å²) >= 11 is 0. The van der Waals surface area contributed by atoms with Crippen molar-refractivity contribution in [1.82, 2.24) is 4.90 Å². The summed E-state index contributed by atoms with van der Waals surface area (Å²) in [5, 5.41) is 9.28. The molecule has 110 valence electrons. The number of hydrogen-bond acceptors (Lipinski definition) is 3. The number of rotatable bonds is 5. The number of hydrogen-bond donors (Lipinski definition) is 1. The third-order valence-corrected chi connectivity index (χ3v) is 3.80. The highest BCUT2D eigenvalue weighted by atomic mass is 16.5. The van der Waals surface area contributed by atoms with E-state index in [1.54, 1.807) is 0 Å². The van der Waals surface area contributed by atoms with Gasteiger partial charge >= 0.3 is 5.97 Å². The number of likely N-dealkylation sites (tertiary alicyclic amines) is 1. The minimum Gasteiger partial charge on any atom is -0.491 e. The van der Waals surface area contributed by atoms with Crippen molar-refractivity contribution in [2.45, 2.75) is 39.8 Å². The van der Waals surface area contributed by atoms with Crippen molar-refractivity contribution >= 4 is 5.97 Å². The molecule has 0 radical (unpaired) electrons. The molecule has 1 aliphatic heterocycles. The van der Waals surface area contributed by atoms with Gasteiger partial charge in [-0.1, -0.05) is 18.2 Å². The fourth-order valence-corrected chi connectivity index (χ4v) is 2.61. The third-order valence-electron chi connectivity index (χ3n) is 3.80. The van der Waals surface area contributed by atoms with E-state index in [-0.39, 0.29) is 6.10 Å². The number of para-hydroxylation sites is 1. The van der Waals surface area contributed by atoms with Crippen molar-refractivity contribution in [3.63, 3.8) is 0 Å². The maximum atomic E-state index is 11.3. The molecule has 0 saturated carbocycles. The highest BCUT2D eigenvalue weighted by molar-refractivity contribution is 5.74. The van der Waals surface area contributed by atoms with Crippen LogP contribution in [0, 0.1) is 5.41 Å². The molecule has 20 heavy (non-hydrogen) atoms. The number of nitrogens with zero attached hydrogens (tertiary/aromatic N) is 1. The first-order chi connectivity index (χ1) is 9.40. The number of carbonyl (C=O) groups is 1. The molecular formula is C16H23NO3. The summed E-state index contributed by atoms with van der Waals surface area (Å²) in [6.07, 6.45) is 0.842. The number of carboxylic acid groups (broad SMARTS) is 1. The van der Waals surface area contributed by atoms with E-state index in [2.05, 4.69) is 4.90 Å². The Morgan fingerprint density at radius 1 is 1.45 bits per heavy atom. The molecule has 1 atom stereocenters. The van der Waals surface area contributed by atoms with Gasteiger partial charge in [0.25, 0.3) is 0 Å². The number of carboxylic acids is 1. The SMILES string of the molecule is CC(C)Oc1ccccc1CN1CCC(C)(C(=O)O)C1. The van der Waals surface area contributed by atoms with E-state index in [0.29, 0.717) is 13.0 Å². The summed E-state index contributed by atoms with van der Waals surface area (Å²) in [6.45, 7) is 8.00. The van der Waals surface area contributed by atoms with Crippen LogP contribution in [0.4, 0.5) is 0 Å². The molecule has 1 heterocycles. The van der Waals surface area contributed by atoms with Crippen molar-refractivity contribution in [2.75, 3.05) is 13.1 Å². The zero-order chi connectivity index (χ0) is 14.8. The van der Waals surface area contributed by atoms with Gasteiger partial charge in [-0.3, -0.25) is 9.69 Å². The lowest BCUT2D eigenvalue weighted by atomic mass is 9.90. The van der Waals surface area contributed by atoms with Gasteiger partial charge in [0.1, 0.15) is 5.75 Å². The normalized spacial score (nSPS) is 23.2. The Balaban J connectivity index is 2.06. The van der Waals surface area contributed by atoms with E-state index in [4.69, 9.17) is 4.74 Å². The molecule has 0 aliphatic carbocycles. The predicted octanol–water partition coefficient (Wildman–Crippen LogP) is 2.77. The van der Waals surface area contributed by atoms with Gasteiger partial charge in [0.2, 0.25) is 0 Å². The van der Waals surface area contributed by atoms with Crippen molar-refractivity contribution in [3.8, 4) is 5.75 Å². The van der Waals surface area contributed by atoms with Gasteiger partial charge in [-0.25, -0.2) is 0 Å². The van der Waals surface area contributed by atoms with Crippen molar-refractivity contribution in [2.24, 2.45) is 5.41 Å². The molecule has 1 fully saturated rings. The third kappa shape index (κ3) is 3.31. The first kappa shape index (κ1) is 14.9. The molecule has 0 aromatic heterocycles. The van der Waals surface area contributed by atoms with Crippen LogP contribution in [0.25, 0.3) is 0 Å². The average Bonchev–Trinajstić information content (AvgIpc) is 2.74. The minimum atomic E-state index is -0.702. The molecule has 1 aromatic rings. The molecule has 0 bridgehead atoms. The summed E-state index contributed by atoms with van der Waals surface area (Å²) < 4.78 is 5.81. The Morgan fingerprint density at radius 2 is 2.15 bits per heavy atom. The van der Waals surface area contributed by atoms with Crippen LogP contribution in [0.2, 0.25) is 0 Å². The number of aliphatic carboxylic acids is 1. The first-order valence-corrected chi connectivity index (χ1v) is 7.11. The Bertz CT molecular complexity index is 486. The largest absolute Gasteiger partial charge is 0.491 e. The number of ether oxygens (including phenoxy) is 1. The van der Waals surface area contributed by atoms with E-state index >= 15 is 0 Å². The van der Waals surface area contributed by atoms with Gasteiger partial charge in [0, 0.05) is 18.7 Å². The second-order valence-electron chi connectivity index (χ2n) is 6.10. The van der Waals surface area contributed by atoms with Crippen LogP contribution in [-0.4, -0.2) is 35.2 Å². The van der Waals surface area contributed by atoms with Gasteiger partial charge < -0.3 is 9.84 Å². The monoisotopic (exact) mass is 277 g/mol. The molecule has 1 unspecified atom stereocenters. The molecule has 1 aromatic carbocycles. The molecule has 4 nitrogen and oxygen atoms in total. The van der Waals surface area contributed by atoms with Crippen LogP contribution in [0.3, 0.4) is 0 Å². The molecular weight excluding hydrogens is 254 g/mol. The lowest BCUT2D eigenvalue weighted by Gasteiger charge is -2.21. The van der Waals surface area contributed by atoms with E-state index in [1.807, 2.05) is 45.0 Å². The van der Waals surface area contributed by atoms with Crippen molar-refractivity contribution < 1.29 is 14.6 Å². The smallest absolute Gasteiger partial charge is 0.310 e. The second-order valence-corrected chi connectivity index (χ2v) is 6.10. The molecule has 1 aliphatic rings. The predicted molar refractivity (Wildman–Crippen MR) is 77.8 cm³/mol. The topological polar surface area (TPSA) is 49.8 Å². The van der Waals surface area contributed by atoms with Gasteiger partial charge in [0.15, 0.2) is 0 Å². The minimum absolute atomic E-state index is 0.138. The second kappa shape index (κ2) is 5.83. The van der Waals surface area contributed by atoms with Gasteiger partial charge in [-0.2, -0.15) is 0 Å². The van der Waals surface area contributed by atoms with E-state index in [1.165, 1.54) is 0 Å². The average molecular weight is 277 g/mol. The number of benzene rings is 1. The van der Waals surface area contributed by atoms with Crippen LogP contribution in [0.1, 0.15) is 32.8 Å². The quantitative estimate of drug-likeness (QED) is 0.899. The lowest BCUT2D eigenvalue weighted by Crippen LogP contribution is -2.31. The Kier molecular flexibility index (Phi) is 4.33. The van der Waals surface area contributed by atoms with Gasteiger partial charge in [-0.15, -0.1) is 0 Å². The summed E-state index contributed by atoms with van der Waals surface area (Å²) in [5.41, 5.74) is 0.504. The van der Waals surface area contributed by atoms with Crippen molar-refractivity contribution in [1.29, 1.82) is 0 Å². The fourth-order valence-electron chi connectivity index (χ4n) is 2.61. The summed E-state index contributed by atoms with van der Waals surface area (Å²) in [5.74, 6) is 0.193. The Morgan fingerprint density at radius 3 is 2.75 bits per heavy atom. The molecule has 4 heteroatoms. The first-order valence-electron chi connectivity index (χ1n) is 7.11. The van der Waals surface area contributed by atoms with Gasteiger partial charge in [-0.05, 0) is 39.8 Å². The molecule has 0 spiro atoms. The standard InChI is InChI=1S/C16H23NO3/c1-12(2)20-14-7-5-4-6-13(14)10-17-9-8-16(3,11-17)15(18)19/h4-7,12H,8-11H2,1-3H3,(H,18,19). The van der Waals surface area contributed by atoms with E-state index < -0.39 is 11.4 Å². The van der Waals surface area contributed by atoms with Crippen LogP contribution in [0.15, 0.2) is 24.3 Å². The summed E-state index contributed by atoms with van der Waals surface area (Å²) in [6, 6.07) is 7.98. The fraction of sp³-hybridized carbons (Fsp3) is 0.562. The highest BCUT2D eigenvalue weighted by Gasteiger charge is 2.40. The molecule has 1 N–H and O–H groups in total. The lowest BCUT2D eigenvalue weighted by molar-refractivity contribution is -0.147. The van der Waals surface area contributed by atoms with Crippen LogP contribution in [-0.2, 0) is 11.3 Å². The summed E-state index contributed by atoms with van der Waals surface area (Å²) in [4.78, 5) is 13.5. The maximum absolute atomic E-state index is 11.3. The van der Waals surface area contributed by atoms with Crippen molar-refractivity contribution in [3.05, 3.63) is 29.8 Å². The Labute approximate surface area is 120 Å². The zero-order valence-electron chi connectivity index (χ0n) is 12.4. The summed E-state index contributed by atoms with van der Waals surface area (Å²) in [7, 11) is 0. The molecule has 1 saturated heterocycles. The van der Waals surface area contributed by atoms with E-state index in [9.17, 15) is 9.90 Å². The van der Waals surface area contributed by atoms with Gasteiger partial charge in [0.05, 0.1) is 11.5 Å². The van der Waals surface area contributed by atoms with E-state index in [0.717, 1.165) is 24.4 Å². The zero-order valence-corrected chi connectivity index (χ0v) is 12.4. The van der Waals surface area contributed by atoms with Crippen LogP contribution >= 0.6 is 0 Å². The Hall–Kier alpha value is -1.55. The molecule has 2 rings (SSSR count). The maximum Gasteiger partial charge on any atom is 0.310 e. The van der Waals surface area contributed by atoms with Crippen LogP contribution in [0.5, 0.6) is 5.75 Å². The van der Waals surface area contributed by atoms with Crippen LogP contribution < -0.4 is 4.74 Å². The molecule has 0 amide bonds.